The van der Waals surface area contributed by atoms with Gasteiger partial charge in [-0.25, -0.2) is 13.8 Å². The van der Waals surface area contributed by atoms with Crippen LogP contribution in [-0.4, -0.2) is 58.9 Å². The highest BCUT2D eigenvalue weighted by molar-refractivity contribution is 6.09. The van der Waals surface area contributed by atoms with E-state index in [4.69, 9.17) is 4.99 Å². The average Bonchev–Trinajstić information content (AvgIpc) is 3.19. The van der Waals surface area contributed by atoms with Gasteiger partial charge in [-0.3, -0.25) is 9.69 Å². The molecule has 0 radical (unpaired) electrons. The van der Waals surface area contributed by atoms with Crippen molar-refractivity contribution in [3.8, 4) is 0 Å². The highest BCUT2D eigenvalue weighted by atomic mass is 19.4. The number of piperidine rings is 1. The van der Waals surface area contributed by atoms with Gasteiger partial charge in [0.2, 0.25) is 0 Å². The maximum Gasteiger partial charge on any atom is 0.416 e. The Kier molecular flexibility index (Phi) is 7.98. The minimum absolute atomic E-state index is 0.00716. The van der Waals surface area contributed by atoms with Crippen LogP contribution in [0.25, 0.3) is 0 Å². The van der Waals surface area contributed by atoms with Gasteiger partial charge in [-0.15, -0.1) is 0 Å². The predicted octanol–water partition coefficient (Wildman–Crippen LogP) is 5.73. The zero-order valence-electron chi connectivity index (χ0n) is 22.4. The fourth-order valence-electron chi connectivity index (χ4n) is 5.82. The van der Waals surface area contributed by atoms with E-state index in [1.165, 1.54) is 65.6 Å². The van der Waals surface area contributed by atoms with Crippen LogP contribution in [0.15, 0.2) is 77.8 Å². The number of hydrogen-bond acceptors (Lipinski definition) is 4. The Morgan fingerprint density at radius 1 is 0.927 bits per heavy atom. The molecule has 1 saturated heterocycles. The molecule has 0 aliphatic carbocycles. The summed E-state index contributed by atoms with van der Waals surface area (Å²) < 4.78 is 66.8. The van der Waals surface area contributed by atoms with E-state index in [1.807, 2.05) is 4.90 Å². The molecule has 5 rings (SSSR count). The van der Waals surface area contributed by atoms with Gasteiger partial charge < -0.3 is 10.0 Å². The van der Waals surface area contributed by atoms with Crippen molar-refractivity contribution in [2.45, 2.75) is 43.5 Å². The largest absolute Gasteiger partial charge is 0.416 e. The Morgan fingerprint density at radius 3 is 2.02 bits per heavy atom. The molecule has 1 amide bonds. The lowest BCUT2D eigenvalue weighted by Gasteiger charge is -2.34. The molecule has 3 aromatic carbocycles. The first kappa shape index (κ1) is 28.9. The summed E-state index contributed by atoms with van der Waals surface area (Å²) in [6.07, 6.45) is -4.02. The summed E-state index contributed by atoms with van der Waals surface area (Å²) in [5.41, 5.74) is -0.703. The van der Waals surface area contributed by atoms with Crippen molar-refractivity contribution in [2.24, 2.45) is 4.99 Å². The van der Waals surface area contributed by atoms with Crippen molar-refractivity contribution in [2.75, 3.05) is 26.2 Å². The van der Waals surface area contributed by atoms with Crippen LogP contribution in [0.3, 0.4) is 0 Å². The van der Waals surface area contributed by atoms with Gasteiger partial charge in [-0.2, -0.15) is 13.2 Å². The Hall–Kier alpha value is -3.63. The van der Waals surface area contributed by atoms with E-state index in [0.717, 1.165) is 6.07 Å². The zero-order valence-corrected chi connectivity index (χ0v) is 22.4. The molecule has 0 spiro atoms. The number of benzene rings is 3. The molecule has 2 heterocycles. The minimum atomic E-state index is -4.39. The monoisotopic (exact) mass is 571 g/mol. The van der Waals surface area contributed by atoms with Gasteiger partial charge in [-0.05, 0) is 85.8 Å². The number of hydrogen-bond donors (Lipinski definition) is 1. The van der Waals surface area contributed by atoms with Crippen molar-refractivity contribution < 1.29 is 31.9 Å². The molecule has 3 aromatic rings. The standard InChI is InChI=1S/C31H30F5N3O2/c1-20-37-30(23-5-9-26(32)10-6-23,24-7-11-27(33)12-8-24)29(41)39(20)19-28(40)18-38-15-13-21(14-16-38)22-3-2-4-25(17-22)31(34,35)36/h2-12,17,21,28,40H,13-16,18-19H2,1H3. The van der Waals surface area contributed by atoms with Gasteiger partial charge in [0.1, 0.15) is 17.5 Å². The van der Waals surface area contributed by atoms with Crippen molar-refractivity contribution in [1.82, 2.24) is 9.80 Å². The summed E-state index contributed by atoms with van der Waals surface area (Å²) in [6.45, 7) is 3.07. The van der Waals surface area contributed by atoms with Crippen LogP contribution in [0.1, 0.15) is 47.9 Å². The smallest absolute Gasteiger partial charge is 0.390 e. The Balaban J connectivity index is 1.26. The molecule has 0 bridgehead atoms. The Labute approximate surface area is 234 Å². The van der Waals surface area contributed by atoms with Gasteiger partial charge in [0, 0.05) is 6.54 Å². The van der Waals surface area contributed by atoms with Crippen LogP contribution < -0.4 is 0 Å². The fourth-order valence-corrected chi connectivity index (χ4v) is 5.82. The number of likely N-dealkylation sites (tertiary alicyclic amines) is 1. The normalized spacial score (nSPS) is 19.0. The first-order valence-electron chi connectivity index (χ1n) is 13.5. The molecule has 2 aliphatic rings. The molecule has 0 aromatic heterocycles. The second-order valence-electron chi connectivity index (χ2n) is 10.7. The average molecular weight is 572 g/mol. The number of aliphatic hydroxyl groups is 1. The summed E-state index contributed by atoms with van der Waals surface area (Å²) in [5, 5.41) is 11.0. The first-order valence-corrected chi connectivity index (χ1v) is 13.5. The van der Waals surface area contributed by atoms with Crippen LogP contribution in [0.5, 0.6) is 0 Å². The number of carbonyl (C=O) groups is 1. The number of amidine groups is 1. The van der Waals surface area contributed by atoms with Gasteiger partial charge in [0.15, 0.2) is 5.54 Å². The number of amides is 1. The quantitative estimate of drug-likeness (QED) is 0.369. The lowest BCUT2D eigenvalue weighted by Crippen LogP contribution is -2.47. The fraction of sp³-hybridized carbons (Fsp3) is 0.355. The number of rotatable bonds is 7. The molecule has 1 N–H and O–H groups in total. The van der Waals surface area contributed by atoms with Gasteiger partial charge in [-0.1, -0.05) is 42.5 Å². The highest BCUT2D eigenvalue weighted by Crippen LogP contribution is 2.40. The molecule has 1 fully saturated rings. The predicted molar refractivity (Wildman–Crippen MR) is 144 cm³/mol. The SMILES string of the molecule is CC1=NC(c2ccc(F)cc2)(c2ccc(F)cc2)C(=O)N1CC(O)CN1CCC(c2cccc(C(F)(F)F)c2)CC1. The zero-order chi connectivity index (χ0) is 29.4. The summed E-state index contributed by atoms with van der Waals surface area (Å²) in [5.74, 6) is -1.02. The summed E-state index contributed by atoms with van der Waals surface area (Å²) in [6, 6.07) is 16.3. The molecule has 1 atom stereocenters. The Morgan fingerprint density at radius 2 is 1.49 bits per heavy atom. The lowest BCUT2D eigenvalue weighted by molar-refractivity contribution is -0.137. The van der Waals surface area contributed by atoms with Gasteiger partial charge in [0.25, 0.3) is 5.91 Å². The molecule has 216 valence electrons. The van der Waals surface area contributed by atoms with Crippen molar-refractivity contribution >= 4 is 11.7 Å². The van der Waals surface area contributed by atoms with Crippen molar-refractivity contribution in [1.29, 1.82) is 0 Å². The van der Waals surface area contributed by atoms with Crippen LogP contribution in [0.4, 0.5) is 22.0 Å². The Bertz CT molecular complexity index is 1370. The molecule has 1 unspecified atom stereocenters. The van der Waals surface area contributed by atoms with E-state index in [9.17, 15) is 31.9 Å². The maximum atomic E-state index is 14.0. The minimum Gasteiger partial charge on any atom is -0.390 e. The molecule has 2 aliphatic heterocycles. The maximum absolute atomic E-state index is 14.0. The summed E-state index contributed by atoms with van der Waals surface area (Å²) >= 11 is 0. The molecular weight excluding hydrogens is 541 g/mol. The highest BCUT2D eigenvalue weighted by Gasteiger charge is 2.50. The topological polar surface area (TPSA) is 56.1 Å². The third kappa shape index (κ3) is 5.90. The van der Waals surface area contributed by atoms with E-state index >= 15 is 0 Å². The second kappa shape index (κ2) is 11.3. The van der Waals surface area contributed by atoms with Crippen LogP contribution in [-0.2, 0) is 16.5 Å². The molecule has 41 heavy (non-hydrogen) atoms. The molecule has 5 nitrogen and oxygen atoms in total. The van der Waals surface area contributed by atoms with Crippen LogP contribution in [0.2, 0.25) is 0 Å². The number of carbonyl (C=O) groups excluding carboxylic acids is 1. The van der Waals surface area contributed by atoms with Gasteiger partial charge in [0.05, 0.1) is 18.2 Å². The first-order chi connectivity index (χ1) is 19.5. The number of β-amino-alcohol motifs (C(OH)–C–C–N with tert-alkyl or cyclic N) is 1. The number of aliphatic imine (C=N–C) groups is 1. The summed E-state index contributed by atoms with van der Waals surface area (Å²) in [7, 11) is 0. The second-order valence-corrected chi connectivity index (χ2v) is 10.7. The number of aliphatic hydroxyl groups excluding tert-OH is 1. The molecular formula is C31H30F5N3O2. The van der Waals surface area contributed by atoms with Crippen molar-refractivity contribution in [3.63, 3.8) is 0 Å². The van der Waals surface area contributed by atoms with Crippen molar-refractivity contribution in [3.05, 3.63) is 107 Å². The number of halogens is 5. The third-order valence-corrected chi connectivity index (χ3v) is 7.93. The van der Waals surface area contributed by atoms with Gasteiger partial charge >= 0.3 is 6.18 Å². The molecule has 10 heteroatoms. The van der Waals surface area contributed by atoms with E-state index in [2.05, 4.69) is 0 Å². The van der Waals surface area contributed by atoms with Crippen LogP contribution >= 0.6 is 0 Å². The molecule has 0 saturated carbocycles. The lowest BCUT2D eigenvalue weighted by atomic mass is 9.82. The van der Waals surface area contributed by atoms with E-state index in [1.54, 1.807) is 13.0 Å². The van der Waals surface area contributed by atoms with E-state index < -0.39 is 40.9 Å². The number of alkyl halides is 3. The third-order valence-electron chi connectivity index (χ3n) is 7.93. The van der Waals surface area contributed by atoms with E-state index in [-0.39, 0.29) is 19.0 Å². The number of nitrogens with zero attached hydrogens (tertiary/aromatic N) is 3. The summed E-state index contributed by atoms with van der Waals surface area (Å²) in [4.78, 5) is 22.1. The van der Waals surface area contributed by atoms with Crippen LogP contribution in [0, 0.1) is 11.6 Å². The van der Waals surface area contributed by atoms with E-state index in [0.29, 0.717) is 48.5 Å².